The summed E-state index contributed by atoms with van der Waals surface area (Å²) in [6.07, 6.45) is 0.360. The Kier molecular flexibility index (Phi) is 4.38. The lowest BCUT2D eigenvalue weighted by Gasteiger charge is -2.16. The maximum Gasteiger partial charge on any atom is 0.326 e. The largest absolute Gasteiger partial charge is 0.480 e. The maximum atomic E-state index is 12.9. The van der Waals surface area contributed by atoms with Crippen LogP contribution < -0.4 is 5.32 Å². The first kappa shape index (κ1) is 13.1. The molecule has 2 N–H and O–H groups in total. The molecule has 0 saturated carbocycles. The fraction of sp³-hybridized carbons (Fsp3) is 0.300. The molecule has 0 aliphatic carbocycles. The number of rotatable bonds is 4. The fourth-order valence-electron chi connectivity index (χ4n) is 1.19. The number of benzene rings is 1. The van der Waals surface area contributed by atoms with Crippen LogP contribution in [0.3, 0.4) is 0 Å². The van der Waals surface area contributed by atoms with E-state index in [0.29, 0.717) is 6.42 Å². The second-order valence-electron chi connectivity index (χ2n) is 3.19. The lowest BCUT2D eigenvalue weighted by Crippen LogP contribution is -2.28. The van der Waals surface area contributed by atoms with Gasteiger partial charge in [0.1, 0.15) is 11.9 Å². The minimum Gasteiger partial charge on any atom is -0.480 e. The Morgan fingerprint density at radius 2 is 2.00 bits per heavy atom. The first-order chi connectivity index (χ1) is 7.45. The summed E-state index contributed by atoms with van der Waals surface area (Å²) >= 11 is 11.5. The van der Waals surface area contributed by atoms with E-state index in [1.165, 1.54) is 0 Å². The van der Waals surface area contributed by atoms with E-state index in [2.05, 4.69) is 5.32 Å². The van der Waals surface area contributed by atoms with Gasteiger partial charge in [0.15, 0.2) is 0 Å². The van der Waals surface area contributed by atoms with E-state index in [9.17, 15) is 9.18 Å². The SMILES string of the molecule is CCC(Nc1c(Cl)cc(F)cc1Cl)C(=O)O. The lowest BCUT2D eigenvalue weighted by molar-refractivity contribution is -0.137. The van der Waals surface area contributed by atoms with Crippen LogP contribution in [0, 0.1) is 5.82 Å². The molecule has 88 valence electrons. The predicted octanol–water partition coefficient (Wildman–Crippen LogP) is 3.41. The zero-order valence-corrected chi connectivity index (χ0v) is 9.94. The molecule has 0 radical (unpaired) electrons. The summed E-state index contributed by atoms with van der Waals surface area (Å²) in [4.78, 5) is 10.8. The van der Waals surface area contributed by atoms with Crippen molar-refractivity contribution >= 4 is 34.9 Å². The van der Waals surface area contributed by atoms with Crippen molar-refractivity contribution in [3.05, 3.63) is 28.0 Å². The predicted molar refractivity (Wildman–Crippen MR) is 61.8 cm³/mol. The minimum atomic E-state index is -1.01. The Morgan fingerprint density at radius 3 is 2.38 bits per heavy atom. The van der Waals surface area contributed by atoms with Gasteiger partial charge in [-0.2, -0.15) is 0 Å². The molecule has 1 unspecified atom stereocenters. The minimum absolute atomic E-state index is 0.0599. The van der Waals surface area contributed by atoms with E-state index in [1.54, 1.807) is 6.92 Å². The summed E-state index contributed by atoms with van der Waals surface area (Å²) in [7, 11) is 0. The molecule has 0 bridgehead atoms. The number of aliphatic carboxylic acids is 1. The van der Waals surface area contributed by atoms with Gasteiger partial charge in [-0.1, -0.05) is 30.1 Å². The molecule has 16 heavy (non-hydrogen) atoms. The van der Waals surface area contributed by atoms with Crippen molar-refractivity contribution in [2.24, 2.45) is 0 Å². The third-order valence-electron chi connectivity index (χ3n) is 2.03. The molecule has 0 saturated heterocycles. The van der Waals surface area contributed by atoms with Crippen molar-refractivity contribution < 1.29 is 14.3 Å². The fourth-order valence-corrected chi connectivity index (χ4v) is 1.76. The normalized spacial score (nSPS) is 12.2. The van der Waals surface area contributed by atoms with Gasteiger partial charge in [0.25, 0.3) is 0 Å². The standard InChI is InChI=1S/C10H10Cl2FNO2/c1-2-8(10(15)16)14-9-6(11)3-5(13)4-7(9)12/h3-4,8,14H,2H2,1H3,(H,15,16). The van der Waals surface area contributed by atoms with Crippen LogP contribution in [-0.4, -0.2) is 17.1 Å². The van der Waals surface area contributed by atoms with Crippen molar-refractivity contribution in [2.75, 3.05) is 5.32 Å². The summed E-state index contributed by atoms with van der Waals surface area (Å²) in [5.41, 5.74) is 0.235. The van der Waals surface area contributed by atoms with Crippen LogP contribution >= 0.6 is 23.2 Å². The quantitative estimate of drug-likeness (QED) is 0.877. The van der Waals surface area contributed by atoms with Crippen LogP contribution in [0.4, 0.5) is 10.1 Å². The van der Waals surface area contributed by atoms with Crippen molar-refractivity contribution in [1.29, 1.82) is 0 Å². The second kappa shape index (κ2) is 5.37. The molecular formula is C10H10Cl2FNO2. The van der Waals surface area contributed by atoms with Crippen LogP contribution in [-0.2, 0) is 4.79 Å². The molecule has 0 aromatic heterocycles. The van der Waals surface area contributed by atoms with E-state index in [0.717, 1.165) is 12.1 Å². The Morgan fingerprint density at radius 1 is 1.50 bits per heavy atom. The summed E-state index contributed by atoms with van der Waals surface area (Å²) in [6.45, 7) is 1.71. The molecule has 3 nitrogen and oxygen atoms in total. The van der Waals surface area contributed by atoms with E-state index >= 15 is 0 Å². The third-order valence-corrected chi connectivity index (χ3v) is 2.63. The molecule has 0 heterocycles. The molecule has 0 aliphatic heterocycles. The highest BCUT2D eigenvalue weighted by Gasteiger charge is 2.18. The van der Waals surface area contributed by atoms with Gasteiger partial charge < -0.3 is 10.4 Å². The number of carboxylic acid groups (broad SMARTS) is 1. The Hall–Kier alpha value is -1.00. The summed E-state index contributed by atoms with van der Waals surface area (Å²) in [5.74, 6) is -1.58. The monoisotopic (exact) mass is 265 g/mol. The zero-order valence-electron chi connectivity index (χ0n) is 8.43. The molecule has 1 atom stereocenters. The third kappa shape index (κ3) is 3.00. The van der Waals surface area contributed by atoms with Gasteiger partial charge in [0.05, 0.1) is 15.7 Å². The number of carboxylic acids is 1. The molecule has 0 amide bonds. The van der Waals surface area contributed by atoms with Crippen molar-refractivity contribution in [3.8, 4) is 0 Å². The molecule has 1 aromatic carbocycles. The Balaban J connectivity index is 3.01. The first-order valence-corrected chi connectivity index (χ1v) is 5.35. The van der Waals surface area contributed by atoms with Crippen LogP contribution in [0.25, 0.3) is 0 Å². The number of nitrogens with one attached hydrogen (secondary N) is 1. The molecule has 0 aliphatic rings. The van der Waals surface area contributed by atoms with E-state index in [4.69, 9.17) is 28.3 Å². The van der Waals surface area contributed by atoms with Gasteiger partial charge >= 0.3 is 5.97 Å². The molecule has 6 heteroatoms. The van der Waals surface area contributed by atoms with Crippen molar-refractivity contribution in [1.82, 2.24) is 0 Å². The molecular weight excluding hydrogens is 256 g/mol. The topological polar surface area (TPSA) is 49.3 Å². The number of carbonyl (C=O) groups is 1. The zero-order chi connectivity index (χ0) is 12.3. The Bertz CT molecular complexity index is 389. The molecule has 0 spiro atoms. The highest BCUT2D eigenvalue weighted by molar-refractivity contribution is 6.39. The van der Waals surface area contributed by atoms with Crippen LogP contribution in [0.5, 0.6) is 0 Å². The number of halogens is 3. The van der Waals surface area contributed by atoms with E-state index < -0.39 is 17.8 Å². The van der Waals surface area contributed by atoms with E-state index in [1.807, 2.05) is 0 Å². The number of anilines is 1. The number of hydrogen-bond donors (Lipinski definition) is 2. The highest BCUT2D eigenvalue weighted by Crippen LogP contribution is 2.32. The smallest absolute Gasteiger partial charge is 0.326 e. The van der Waals surface area contributed by atoms with Crippen molar-refractivity contribution in [3.63, 3.8) is 0 Å². The van der Waals surface area contributed by atoms with Crippen molar-refractivity contribution in [2.45, 2.75) is 19.4 Å². The molecule has 1 aromatic rings. The van der Waals surface area contributed by atoms with Crippen LogP contribution in [0.1, 0.15) is 13.3 Å². The van der Waals surface area contributed by atoms with E-state index in [-0.39, 0.29) is 15.7 Å². The number of hydrogen-bond acceptors (Lipinski definition) is 2. The lowest BCUT2D eigenvalue weighted by atomic mass is 10.2. The van der Waals surface area contributed by atoms with Gasteiger partial charge in [0.2, 0.25) is 0 Å². The van der Waals surface area contributed by atoms with Gasteiger partial charge in [-0.15, -0.1) is 0 Å². The van der Waals surface area contributed by atoms with Gasteiger partial charge in [-0.3, -0.25) is 0 Å². The summed E-state index contributed by atoms with van der Waals surface area (Å²) in [5, 5.41) is 11.6. The average molecular weight is 266 g/mol. The molecule has 1 rings (SSSR count). The first-order valence-electron chi connectivity index (χ1n) is 4.59. The van der Waals surface area contributed by atoms with Gasteiger partial charge in [-0.05, 0) is 18.6 Å². The molecule has 0 fully saturated rings. The van der Waals surface area contributed by atoms with Crippen LogP contribution in [0.2, 0.25) is 10.0 Å². The van der Waals surface area contributed by atoms with Gasteiger partial charge in [0, 0.05) is 0 Å². The Labute approximate surface area is 102 Å². The van der Waals surface area contributed by atoms with Gasteiger partial charge in [-0.25, -0.2) is 9.18 Å². The highest BCUT2D eigenvalue weighted by atomic mass is 35.5. The van der Waals surface area contributed by atoms with Crippen LogP contribution in [0.15, 0.2) is 12.1 Å². The average Bonchev–Trinajstić information content (AvgIpc) is 2.15. The second-order valence-corrected chi connectivity index (χ2v) is 4.00. The maximum absolute atomic E-state index is 12.9. The summed E-state index contributed by atoms with van der Waals surface area (Å²) < 4.78 is 12.9. The summed E-state index contributed by atoms with van der Waals surface area (Å²) in [6, 6.07) is 1.34.